The minimum Gasteiger partial charge on any atom is -0.497 e. The van der Waals surface area contributed by atoms with E-state index in [4.69, 9.17) is 10.5 Å². The highest BCUT2D eigenvalue weighted by atomic mass is 16.5. The first-order valence-corrected chi connectivity index (χ1v) is 7.53. The average Bonchev–Trinajstić information content (AvgIpc) is 2.59. The molecule has 0 aliphatic heterocycles. The predicted molar refractivity (Wildman–Crippen MR) is 90.2 cm³/mol. The van der Waals surface area contributed by atoms with Gasteiger partial charge in [-0.2, -0.15) is 0 Å². The van der Waals surface area contributed by atoms with E-state index in [-0.39, 0.29) is 0 Å². The third-order valence-electron chi connectivity index (χ3n) is 3.39. The van der Waals surface area contributed by atoms with Crippen LogP contribution in [0.1, 0.15) is 5.56 Å². The maximum Gasteiger partial charge on any atom is 0.128 e. The monoisotopic (exact) mass is 300 g/mol. The number of hydrogen-bond donors (Lipinski definition) is 2. The Morgan fingerprint density at radius 1 is 1.14 bits per heavy atom. The Morgan fingerprint density at radius 2 is 1.95 bits per heavy atom. The molecule has 2 aromatic rings. The molecular formula is C17H24N4O. The van der Waals surface area contributed by atoms with E-state index in [0.29, 0.717) is 6.54 Å². The smallest absolute Gasteiger partial charge is 0.128 e. The summed E-state index contributed by atoms with van der Waals surface area (Å²) in [6, 6.07) is 14.1. The van der Waals surface area contributed by atoms with Crippen molar-refractivity contribution in [3.8, 4) is 5.75 Å². The van der Waals surface area contributed by atoms with Crippen LogP contribution in [0.2, 0.25) is 0 Å². The van der Waals surface area contributed by atoms with E-state index in [1.807, 2.05) is 36.5 Å². The summed E-state index contributed by atoms with van der Waals surface area (Å²) >= 11 is 0. The second kappa shape index (κ2) is 9.02. The van der Waals surface area contributed by atoms with E-state index in [2.05, 4.69) is 27.3 Å². The van der Waals surface area contributed by atoms with Crippen molar-refractivity contribution in [1.29, 1.82) is 0 Å². The number of aromatic nitrogens is 1. The van der Waals surface area contributed by atoms with Crippen molar-refractivity contribution in [2.45, 2.75) is 6.54 Å². The Kier molecular flexibility index (Phi) is 6.67. The second-order valence-electron chi connectivity index (χ2n) is 5.00. The van der Waals surface area contributed by atoms with Gasteiger partial charge in [-0.05, 0) is 29.8 Å². The molecule has 0 aliphatic carbocycles. The summed E-state index contributed by atoms with van der Waals surface area (Å²) in [6.45, 7) is 4.05. The lowest BCUT2D eigenvalue weighted by Crippen LogP contribution is -2.34. The molecule has 0 spiro atoms. The van der Waals surface area contributed by atoms with Crippen LogP contribution in [0.4, 0.5) is 5.82 Å². The van der Waals surface area contributed by atoms with Crippen LogP contribution in [-0.4, -0.2) is 38.3 Å². The summed E-state index contributed by atoms with van der Waals surface area (Å²) in [6.07, 6.45) is 1.82. The molecule has 22 heavy (non-hydrogen) atoms. The number of nitrogens with one attached hydrogen (secondary N) is 1. The summed E-state index contributed by atoms with van der Waals surface area (Å²) in [5, 5.41) is 3.32. The summed E-state index contributed by atoms with van der Waals surface area (Å²) < 4.78 is 5.20. The fourth-order valence-corrected chi connectivity index (χ4v) is 2.21. The molecule has 118 valence electrons. The van der Waals surface area contributed by atoms with Crippen LogP contribution in [-0.2, 0) is 6.54 Å². The average molecular weight is 300 g/mol. The van der Waals surface area contributed by atoms with E-state index >= 15 is 0 Å². The summed E-state index contributed by atoms with van der Waals surface area (Å²) in [5.74, 6) is 1.85. The molecule has 1 aromatic heterocycles. The van der Waals surface area contributed by atoms with Gasteiger partial charge in [0.15, 0.2) is 0 Å². The Morgan fingerprint density at radius 3 is 2.59 bits per heavy atom. The molecule has 1 heterocycles. The Bertz CT molecular complexity index is 530. The van der Waals surface area contributed by atoms with Crippen LogP contribution >= 0.6 is 0 Å². The predicted octanol–water partition coefficient (Wildman–Crippen LogP) is 1.65. The fraction of sp³-hybridized carbons (Fsp3) is 0.353. The Hall–Kier alpha value is -2.11. The van der Waals surface area contributed by atoms with Gasteiger partial charge in [0.1, 0.15) is 11.6 Å². The van der Waals surface area contributed by atoms with Gasteiger partial charge in [0.2, 0.25) is 0 Å². The van der Waals surface area contributed by atoms with Crippen LogP contribution in [0.25, 0.3) is 0 Å². The zero-order chi connectivity index (χ0) is 15.6. The molecule has 1 aromatic carbocycles. The fourth-order valence-electron chi connectivity index (χ4n) is 2.21. The highest BCUT2D eigenvalue weighted by Gasteiger charge is 2.08. The quantitative estimate of drug-likeness (QED) is 0.689. The number of nitrogens with two attached hydrogens (primary N) is 1. The first-order valence-electron chi connectivity index (χ1n) is 7.53. The SMILES string of the molecule is COc1ccc(CN(CCNCCN)c2ccccn2)cc1. The summed E-state index contributed by atoms with van der Waals surface area (Å²) in [4.78, 5) is 6.71. The number of pyridine rings is 1. The molecule has 5 nitrogen and oxygen atoms in total. The van der Waals surface area contributed by atoms with Crippen LogP contribution in [0.5, 0.6) is 5.75 Å². The minimum atomic E-state index is 0.655. The molecule has 0 unspecified atom stereocenters. The van der Waals surface area contributed by atoms with Crippen LogP contribution in [0, 0.1) is 0 Å². The van der Waals surface area contributed by atoms with E-state index in [9.17, 15) is 0 Å². The second-order valence-corrected chi connectivity index (χ2v) is 5.00. The van der Waals surface area contributed by atoms with Gasteiger partial charge >= 0.3 is 0 Å². The molecule has 0 saturated heterocycles. The van der Waals surface area contributed by atoms with E-state index < -0.39 is 0 Å². The van der Waals surface area contributed by atoms with Crippen molar-refractivity contribution in [1.82, 2.24) is 10.3 Å². The number of anilines is 1. The standard InChI is InChI=1S/C17H24N4O/c1-22-16-7-5-15(6-8-16)14-21(13-12-19-11-9-18)17-4-2-3-10-20-17/h2-8,10,19H,9,11-14,18H2,1H3. The third-order valence-corrected chi connectivity index (χ3v) is 3.39. The number of benzene rings is 1. The molecule has 0 atom stereocenters. The molecule has 0 saturated carbocycles. The van der Waals surface area contributed by atoms with Crippen molar-refractivity contribution in [2.75, 3.05) is 38.2 Å². The first kappa shape index (κ1) is 16.3. The van der Waals surface area contributed by atoms with E-state index in [1.54, 1.807) is 7.11 Å². The van der Waals surface area contributed by atoms with Crippen LogP contribution < -0.4 is 20.7 Å². The highest BCUT2D eigenvalue weighted by molar-refractivity contribution is 5.39. The first-order chi connectivity index (χ1) is 10.8. The highest BCUT2D eigenvalue weighted by Crippen LogP contribution is 2.16. The van der Waals surface area contributed by atoms with E-state index in [1.165, 1.54) is 5.56 Å². The van der Waals surface area contributed by atoms with Gasteiger partial charge in [-0.25, -0.2) is 4.98 Å². The van der Waals surface area contributed by atoms with Crippen molar-refractivity contribution in [3.63, 3.8) is 0 Å². The molecule has 5 heteroatoms. The largest absolute Gasteiger partial charge is 0.497 e. The van der Waals surface area contributed by atoms with Crippen molar-refractivity contribution in [2.24, 2.45) is 5.73 Å². The normalized spacial score (nSPS) is 10.5. The lowest BCUT2D eigenvalue weighted by atomic mass is 10.2. The van der Waals surface area contributed by atoms with Crippen molar-refractivity contribution < 1.29 is 4.74 Å². The molecule has 0 fully saturated rings. The molecular weight excluding hydrogens is 276 g/mol. The third kappa shape index (κ3) is 5.02. The summed E-state index contributed by atoms with van der Waals surface area (Å²) in [7, 11) is 1.68. The zero-order valence-electron chi connectivity index (χ0n) is 13.0. The van der Waals surface area contributed by atoms with E-state index in [0.717, 1.165) is 37.7 Å². The number of ether oxygens (including phenoxy) is 1. The Balaban J connectivity index is 2.02. The molecule has 0 radical (unpaired) electrons. The number of methoxy groups -OCH3 is 1. The zero-order valence-corrected chi connectivity index (χ0v) is 13.0. The van der Waals surface area contributed by atoms with Gasteiger partial charge in [0.05, 0.1) is 7.11 Å². The summed E-state index contributed by atoms with van der Waals surface area (Å²) in [5.41, 5.74) is 6.73. The molecule has 0 amide bonds. The lowest BCUT2D eigenvalue weighted by molar-refractivity contribution is 0.414. The van der Waals surface area contributed by atoms with Gasteiger partial charge in [-0.15, -0.1) is 0 Å². The molecule has 3 N–H and O–H groups in total. The lowest BCUT2D eigenvalue weighted by Gasteiger charge is -2.24. The van der Waals surface area contributed by atoms with Gasteiger partial charge < -0.3 is 20.7 Å². The van der Waals surface area contributed by atoms with Gasteiger partial charge in [-0.3, -0.25) is 0 Å². The number of hydrogen-bond acceptors (Lipinski definition) is 5. The van der Waals surface area contributed by atoms with Crippen molar-refractivity contribution in [3.05, 3.63) is 54.2 Å². The number of nitrogens with zero attached hydrogens (tertiary/aromatic N) is 2. The molecule has 0 aliphatic rings. The topological polar surface area (TPSA) is 63.4 Å². The number of rotatable bonds is 9. The molecule has 0 bridgehead atoms. The van der Waals surface area contributed by atoms with Crippen LogP contribution in [0.15, 0.2) is 48.7 Å². The van der Waals surface area contributed by atoms with Gasteiger partial charge in [0.25, 0.3) is 0 Å². The minimum absolute atomic E-state index is 0.655. The van der Waals surface area contributed by atoms with Crippen LogP contribution in [0.3, 0.4) is 0 Å². The Labute approximate surface area is 132 Å². The maximum atomic E-state index is 5.51. The maximum absolute atomic E-state index is 5.51. The van der Waals surface area contributed by atoms with Gasteiger partial charge in [0, 0.05) is 38.9 Å². The van der Waals surface area contributed by atoms with Gasteiger partial charge in [-0.1, -0.05) is 18.2 Å². The van der Waals surface area contributed by atoms with Crippen molar-refractivity contribution >= 4 is 5.82 Å². The molecule has 2 rings (SSSR count).